The van der Waals surface area contributed by atoms with Crippen molar-refractivity contribution in [3.8, 4) is 0 Å². The van der Waals surface area contributed by atoms with E-state index in [1.165, 1.54) is 12.3 Å². The zero-order valence-corrected chi connectivity index (χ0v) is 11.8. The lowest BCUT2D eigenvalue weighted by molar-refractivity contribution is 0.0930. The van der Waals surface area contributed by atoms with Crippen molar-refractivity contribution >= 4 is 5.91 Å². The summed E-state index contributed by atoms with van der Waals surface area (Å²) in [4.78, 5) is 13.8. The number of likely N-dealkylation sites (N-methyl/N-ethyl adjacent to an activating group) is 1. The first kappa shape index (κ1) is 15.2. The van der Waals surface area contributed by atoms with Crippen LogP contribution in [0.3, 0.4) is 0 Å². The maximum Gasteiger partial charge on any atom is 0.257 e. The van der Waals surface area contributed by atoms with E-state index in [4.69, 9.17) is 4.42 Å². The van der Waals surface area contributed by atoms with Gasteiger partial charge in [-0.2, -0.15) is 0 Å². The standard InChI is InChI=1S/C15H16F2N2O2/c1-19(2)12(13-7-4-8-21-13)9-18-15(20)14-10(16)5-3-6-11(14)17/h3-8,12H,9H2,1-2H3,(H,18,20)/t12-/m1/s1. The number of carbonyl (C=O) groups excluding carboxylic acids is 1. The predicted octanol–water partition coefficient (Wildman–Crippen LogP) is 2.59. The Balaban J connectivity index is 2.09. The Hall–Kier alpha value is -2.21. The molecule has 2 rings (SSSR count). The van der Waals surface area contributed by atoms with Crippen molar-refractivity contribution in [2.75, 3.05) is 20.6 Å². The maximum atomic E-state index is 13.5. The van der Waals surface area contributed by atoms with Crippen LogP contribution in [0, 0.1) is 11.6 Å². The first-order valence-corrected chi connectivity index (χ1v) is 6.42. The number of nitrogens with zero attached hydrogens (tertiary/aromatic N) is 1. The van der Waals surface area contributed by atoms with E-state index in [9.17, 15) is 13.6 Å². The van der Waals surface area contributed by atoms with Crippen LogP contribution in [0.25, 0.3) is 0 Å². The summed E-state index contributed by atoms with van der Waals surface area (Å²) in [5, 5.41) is 2.53. The average Bonchev–Trinajstić information content (AvgIpc) is 2.92. The van der Waals surface area contributed by atoms with Crippen molar-refractivity contribution in [2.45, 2.75) is 6.04 Å². The minimum atomic E-state index is -0.882. The SMILES string of the molecule is CN(C)[C@H](CNC(=O)c1c(F)cccc1F)c1ccco1. The Morgan fingerprint density at radius 2 is 1.90 bits per heavy atom. The molecule has 0 saturated heterocycles. The average molecular weight is 294 g/mol. The molecule has 1 heterocycles. The molecule has 0 aliphatic heterocycles. The summed E-state index contributed by atoms with van der Waals surface area (Å²) in [5.41, 5.74) is -0.575. The van der Waals surface area contributed by atoms with Gasteiger partial charge in [0, 0.05) is 6.54 Å². The zero-order chi connectivity index (χ0) is 15.4. The number of halogens is 2. The van der Waals surface area contributed by atoms with Crippen molar-refractivity contribution < 1.29 is 18.0 Å². The quantitative estimate of drug-likeness (QED) is 0.922. The Labute approximate surface area is 121 Å². The zero-order valence-electron chi connectivity index (χ0n) is 11.8. The first-order chi connectivity index (χ1) is 10.0. The van der Waals surface area contributed by atoms with Gasteiger partial charge in [0.25, 0.3) is 5.91 Å². The second-order valence-electron chi connectivity index (χ2n) is 4.80. The van der Waals surface area contributed by atoms with Crippen LogP contribution in [-0.2, 0) is 0 Å². The summed E-state index contributed by atoms with van der Waals surface area (Å²) in [6, 6.07) is 6.61. The number of rotatable bonds is 5. The second kappa shape index (κ2) is 6.49. The van der Waals surface area contributed by atoms with Crippen LogP contribution in [0.4, 0.5) is 8.78 Å². The summed E-state index contributed by atoms with van der Waals surface area (Å²) < 4.78 is 32.4. The number of amides is 1. The van der Waals surface area contributed by atoms with Gasteiger partial charge in [-0.3, -0.25) is 9.69 Å². The third-order valence-electron chi connectivity index (χ3n) is 3.14. The molecule has 0 fully saturated rings. The van der Waals surface area contributed by atoms with Crippen LogP contribution in [0.5, 0.6) is 0 Å². The van der Waals surface area contributed by atoms with Gasteiger partial charge in [-0.15, -0.1) is 0 Å². The lowest BCUT2D eigenvalue weighted by atomic mass is 10.1. The highest BCUT2D eigenvalue weighted by molar-refractivity contribution is 5.94. The molecular weight excluding hydrogens is 278 g/mol. The summed E-state index contributed by atoms with van der Waals surface area (Å²) in [5.74, 6) is -1.89. The monoisotopic (exact) mass is 294 g/mol. The fourth-order valence-corrected chi connectivity index (χ4v) is 2.01. The fraction of sp³-hybridized carbons (Fsp3) is 0.267. The van der Waals surface area contributed by atoms with E-state index in [2.05, 4.69) is 5.32 Å². The smallest absolute Gasteiger partial charge is 0.257 e. The molecule has 4 nitrogen and oxygen atoms in total. The molecule has 0 saturated carbocycles. The van der Waals surface area contributed by atoms with Crippen LogP contribution in [0.15, 0.2) is 41.0 Å². The van der Waals surface area contributed by atoms with Gasteiger partial charge in [-0.1, -0.05) is 6.07 Å². The van der Waals surface area contributed by atoms with E-state index in [0.29, 0.717) is 5.76 Å². The summed E-state index contributed by atoms with van der Waals surface area (Å²) >= 11 is 0. The molecule has 1 atom stereocenters. The largest absolute Gasteiger partial charge is 0.468 e. The third kappa shape index (κ3) is 3.46. The van der Waals surface area contributed by atoms with Crippen molar-refractivity contribution in [3.05, 3.63) is 59.6 Å². The summed E-state index contributed by atoms with van der Waals surface area (Å²) in [6.45, 7) is 0.174. The molecule has 112 valence electrons. The number of hydrogen-bond acceptors (Lipinski definition) is 3. The minimum absolute atomic E-state index is 0.174. The van der Waals surface area contributed by atoms with E-state index >= 15 is 0 Å². The topological polar surface area (TPSA) is 45.5 Å². The molecule has 0 bridgehead atoms. The molecule has 0 aliphatic carbocycles. The van der Waals surface area contributed by atoms with Crippen LogP contribution in [-0.4, -0.2) is 31.4 Å². The van der Waals surface area contributed by atoms with Crippen molar-refractivity contribution in [1.82, 2.24) is 10.2 Å². The third-order valence-corrected chi connectivity index (χ3v) is 3.14. The maximum absolute atomic E-state index is 13.5. The van der Waals surface area contributed by atoms with Crippen LogP contribution in [0.2, 0.25) is 0 Å². The Bertz CT molecular complexity index is 592. The number of carbonyl (C=O) groups is 1. The number of benzene rings is 1. The van der Waals surface area contributed by atoms with E-state index in [1.54, 1.807) is 12.1 Å². The highest BCUT2D eigenvalue weighted by atomic mass is 19.1. The van der Waals surface area contributed by atoms with E-state index < -0.39 is 23.1 Å². The van der Waals surface area contributed by atoms with Gasteiger partial charge in [0.05, 0.1) is 12.3 Å². The lowest BCUT2D eigenvalue weighted by Crippen LogP contribution is -2.35. The minimum Gasteiger partial charge on any atom is -0.468 e. The molecule has 6 heteroatoms. The Kier molecular flexibility index (Phi) is 4.70. The van der Waals surface area contributed by atoms with Crippen molar-refractivity contribution in [1.29, 1.82) is 0 Å². The van der Waals surface area contributed by atoms with Gasteiger partial charge in [0.1, 0.15) is 23.0 Å². The molecule has 1 N–H and O–H groups in total. The van der Waals surface area contributed by atoms with Crippen molar-refractivity contribution in [3.63, 3.8) is 0 Å². The van der Waals surface area contributed by atoms with Gasteiger partial charge >= 0.3 is 0 Å². The van der Waals surface area contributed by atoms with Gasteiger partial charge in [-0.05, 0) is 38.4 Å². The summed E-state index contributed by atoms with van der Waals surface area (Å²) in [7, 11) is 3.64. The number of hydrogen-bond donors (Lipinski definition) is 1. The van der Waals surface area contributed by atoms with Crippen molar-refractivity contribution in [2.24, 2.45) is 0 Å². The molecule has 2 aromatic rings. The number of furan rings is 1. The molecule has 0 aliphatic rings. The molecule has 0 radical (unpaired) electrons. The number of nitrogens with one attached hydrogen (secondary N) is 1. The molecule has 1 aromatic heterocycles. The predicted molar refractivity (Wildman–Crippen MR) is 73.8 cm³/mol. The molecule has 21 heavy (non-hydrogen) atoms. The highest BCUT2D eigenvalue weighted by Gasteiger charge is 2.21. The molecule has 1 aromatic carbocycles. The molecule has 0 spiro atoms. The second-order valence-corrected chi connectivity index (χ2v) is 4.80. The fourth-order valence-electron chi connectivity index (χ4n) is 2.01. The van der Waals surface area contributed by atoms with E-state index in [0.717, 1.165) is 12.1 Å². The van der Waals surface area contributed by atoms with Crippen LogP contribution >= 0.6 is 0 Å². The molecular formula is C15H16F2N2O2. The van der Waals surface area contributed by atoms with Crippen LogP contribution in [0.1, 0.15) is 22.2 Å². The van der Waals surface area contributed by atoms with Gasteiger partial charge in [-0.25, -0.2) is 8.78 Å². The molecule has 0 unspecified atom stereocenters. The van der Waals surface area contributed by atoms with Gasteiger partial charge < -0.3 is 9.73 Å². The van der Waals surface area contributed by atoms with Crippen LogP contribution < -0.4 is 5.32 Å². The first-order valence-electron chi connectivity index (χ1n) is 6.42. The van der Waals surface area contributed by atoms with Gasteiger partial charge in [0.15, 0.2) is 0 Å². The summed E-state index contributed by atoms with van der Waals surface area (Å²) in [6.07, 6.45) is 1.53. The highest BCUT2D eigenvalue weighted by Crippen LogP contribution is 2.18. The molecule has 1 amide bonds. The lowest BCUT2D eigenvalue weighted by Gasteiger charge is -2.22. The Morgan fingerprint density at radius 3 is 2.43 bits per heavy atom. The Morgan fingerprint density at radius 1 is 1.24 bits per heavy atom. The van der Waals surface area contributed by atoms with E-state index in [1.807, 2.05) is 19.0 Å². The normalized spacial score (nSPS) is 12.4. The van der Waals surface area contributed by atoms with E-state index in [-0.39, 0.29) is 12.6 Å². The van der Waals surface area contributed by atoms with Gasteiger partial charge in [0.2, 0.25) is 0 Å².